The Kier molecular flexibility index (Phi) is 22.9. The predicted molar refractivity (Wildman–Crippen MR) is 268 cm³/mol. The molecule has 8 fully saturated rings. The molecule has 0 amide bonds. The summed E-state index contributed by atoms with van der Waals surface area (Å²) in [6.45, 7) is -2.14. The lowest BCUT2D eigenvalue weighted by atomic mass is 9.72. The molecule has 29 atom stereocenters. The molecule has 0 bridgehead atoms. The van der Waals surface area contributed by atoms with Gasteiger partial charge in [0, 0.05) is 45.1 Å². The molecule has 464 valence electrons. The van der Waals surface area contributed by atoms with Crippen molar-refractivity contribution in [3.05, 3.63) is 24.3 Å². The summed E-state index contributed by atoms with van der Waals surface area (Å²) in [5.74, 6) is -3.49. The van der Waals surface area contributed by atoms with Crippen molar-refractivity contribution in [3.63, 3.8) is 0 Å². The van der Waals surface area contributed by atoms with Crippen LogP contribution in [0, 0.1) is 23.7 Å². The number of aliphatic hydroxyl groups is 17. The summed E-state index contributed by atoms with van der Waals surface area (Å²) in [5, 5.41) is 163. The number of rotatable bonds is 18. The van der Waals surface area contributed by atoms with Gasteiger partial charge in [0.15, 0.2) is 31.1 Å². The van der Waals surface area contributed by atoms with Crippen molar-refractivity contribution in [1.29, 1.82) is 0 Å². The van der Waals surface area contributed by atoms with Gasteiger partial charge in [-0.15, -0.1) is 0 Å². The van der Waals surface area contributed by atoms with E-state index in [4.69, 9.17) is 52.1 Å². The first-order valence-electron chi connectivity index (χ1n) is 28.1. The Labute approximate surface area is 467 Å². The highest BCUT2D eigenvalue weighted by Crippen LogP contribution is 2.45. The smallest absolute Gasteiger partial charge is 0.330 e. The largest absolute Gasteiger partial charge is 0.460 e. The summed E-state index contributed by atoms with van der Waals surface area (Å²) < 4.78 is 63.8. The van der Waals surface area contributed by atoms with Gasteiger partial charge in [0.1, 0.15) is 98.7 Å². The maximum absolute atomic E-state index is 13.2. The van der Waals surface area contributed by atoms with Crippen LogP contribution in [-0.4, -0.2) is 293 Å². The van der Waals surface area contributed by atoms with Gasteiger partial charge in [-0.25, -0.2) is 9.59 Å². The molecule has 0 spiro atoms. The van der Waals surface area contributed by atoms with Crippen LogP contribution in [0.1, 0.15) is 70.6 Å². The molecule has 28 nitrogen and oxygen atoms in total. The van der Waals surface area contributed by atoms with Gasteiger partial charge in [0.25, 0.3) is 0 Å². The molecule has 4 heterocycles. The third-order valence-corrected chi connectivity index (χ3v) is 17.7. The molecule has 81 heavy (non-hydrogen) atoms. The number of ether oxygens (including phenoxy) is 11. The van der Waals surface area contributed by atoms with Crippen LogP contribution in [0.5, 0.6) is 0 Å². The number of hydrogen-bond acceptors (Lipinski definition) is 27. The Morgan fingerprint density at radius 2 is 0.963 bits per heavy atom. The van der Waals surface area contributed by atoms with Crippen LogP contribution in [0.4, 0.5) is 0 Å². The van der Waals surface area contributed by atoms with Crippen molar-refractivity contribution in [3.8, 4) is 0 Å². The molecular formula is C53H85O28+. The highest BCUT2D eigenvalue weighted by Gasteiger charge is 2.59. The van der Waals surface area contributed by atoms with E-state index in [-0.39, 0.29) is 43.9 Å². The molecule has 4 saturated heterocycles. The molecular weight excluding hydrogens is 1080 g/mol. The van der Waals surface area contributed by atoms with Crippen LogP contribution in [0.25, 0.3) is 0 Å². The molecule has 0 aromatic heterocycles. The first-order chi connectivity index (χ1) is 38.6. The fourth-order valence-corrected chi connectivity index (χ4v) is 12.8. The second-order valence-corrected chi connectivity index (χ2v) is 23.1. The van der Waals surface area contributed by atoms with E-state index in [1.165, 1.54) is 20.3 Å². The lowest BCUT2D eigenvalue weighted by Gasteiger charge is -2.51. The van der Waals surface area contributed by atoms with E-state index in [1.807, 2.05) is 0 Å². The first-order valence-corrected chi connectivity index (χ1v) is 28.1. The minimum atomic E-state index is -2.08. The zero-order valence-electron chi connectivity index (χ0n) is 45.2. The second-order valence-electron chi connectivity index (χ2n) is 23.1. The van der Waals surface area contributed by atoms with Crippen molar-refractivity contribution in [2.75, 3.05) is 34.0 Å². The molecule has 4 aliphatic carbocycles. The van der Waals surface area contributed by atoms with Gasteiger partial charge >= 0.3 is 11.9 Å². The zero-order valence-corrected chi connectivity index (χ0v) is 45.2. The fourth-order valence-electron chi connectivity index (χ4n) is 12.8. The fraction of sp³-hybridized carbons (Fsp3) is 0.887. The average molecular weight is 1170 g/mol. The van der Waals surface area contributed by atoms with E-state index in [1.54, 1.807) is 12.2 Å². The lowest BCUT2D eigenvalue weighted by Crippen LogP contribution is -2.66. The number of carbonyl (C=O) groups is 2. The van der Waals surface area contributed by atoms with Crippen LogP contribution >= 0.6 is 0 Å². The van der Waals surface area contributed by atoms with E-state index in [0.29, 0.717) is 38.5 Å². The third-order valence-electron chi connectivity index (χ3n) is 17.7. The number of allylic oxidation sites excluding steroid dienone is 2. The van der Waals surface area contributed by atoms with Crippen molar-refractivity contribution < 1.29 is 138 Å². The summed E-state index contributed by atoms with van der Waals surface area (Å²) in [6, 6.07) is 0. The average Bonchev–Trinajstić information content (AvgIpc) is 3.60. The Morgan fingerprint density at radius 1 is 0.481 bits per heavy atom. The Hall–Kier alpha value is -2.54. The van der Waals surface area contributed by atoms with E-state index >= 15 is 0 Å². The highest BCUT2D eigenvalue weighted by atomic mass is 16.8. The first kappa shape index (κ1) is 64.5. The highest BCUT2D eigenvalue weighted by molar-refractivity contribution is 5.82. The standard InChI is InChI=1S/C53H84O28/c1-71-32-11-21(3-7-26(32)56)5-9-38(60)73-19-36-42(64)45(67)48(70)52(79-36)81-50-46(68)43(65)37(20-74-39(61)10-6-22-4-8-27(57)33(12-22)72-2)80-53(50)77-34-17-25-30(75-49(34)23-13-28(58)40(62)29(59)14-23)15-24(55)16-31(25)76-51-47(69)44(66)41(63)35(18-54)78-51/h5-6,9-10,21-37,40-59,62-70H,3-4,7-8,11-20H2,1-2H3/p+1/t21?,22?,23?,24?,25?,26?,27?,28?,29?,30?,31?,32?,33?,34?,35-,36-,37-,40?,41-,42-,43-,44+,45+,46+,47-,48-,49?,50-,51-,52+,53-/m1/s1. The van der Waals surface area contributed by atoms with Gasteiger partial charge in [-0.05, 0) is 69.6 Å². The van der Waals surface area contributed by atoms with Crippen molar-refractivity contribution in [2.45, 2.75) is 236 Å². The van der Waals surface area contributed by atoms with Gasteiger partial charge in [-0.3, -0.25) is 0 Å². The zero-order chi connectivity index (χ0) is 58.6. The second kappa shape index (κ2) is 28.8. The van der Waals surface area contributed by atoms with E-state index in [0.717, 1.165) is 6.08 Å². The number of esters is 2. The topological polar surface area (TPSA) is 443 Å². The number of aliphatic hydroxyl groups excluding tert-OH is 15. The number of fused-ring (bicyclic) bond motifs is 1. The van der Waals surface area contributed by atoms with Gasteiger partial charge in [0.2, 0.25) is 0 Å². The van der Waals surface area contributed by atoms with E-state index in [2.05, 4.69) is 0 Å². The van der Waals surface area contributed by atoms with Gasteiger partial charge < -0.3 is 129 Å². The molecule has 8 aliphatic rings. The van der Waals surface area contributed by atoms with Gasteiger partial charge in [0.05, 0.1) is 61.4 Å². The SMILES string of the molecule is COC1CC(C=CC(=O)OC[C@H]2O[C@@H](O[C@H]3[C@H](OC4CC5C(O[C@@H]6O[C@H](CO)[C@@H](O)[C@H](O)[C@H]6O)CC(O)CC5[OH+]C4C4CC(O)C(O)C(O)C4)O[C@H](COC(=O)C=CC4CCC(O)C(OC)C4)[C@@H](O)[C@@H]3O)[C@H](O)[C@@H](O)[C@@H]2O)CCC1O. The molecule has 0 aromatic rings. The molecule has 4 saturated carbocycles. The van der Waals surface area contributed by atoms with Gasteiger partial charge in [-0.2, -0.15) is 0 Å². The van der Waals surface area contributed by atoms with E-state index in [9.17, 15) is 86.2 Å². The summed E-state index contributed by atoms with van der Waals surface area (Å²) >= 11 is 0. The normalized spacial score (nSPS) is 49.1. The minimum absolute atomic E-state index is 0.0647. The predicted octanol–water partition coefficient (Wildman–Crippen LogP) is -6.32. The van der Waals surface area contributed by atoms with Crippen LogP contribution < -0.4 is 0 Å². The lowest BCUT2D eigenvalue weighted by molar-refractivity contribution is -0.390. The maximum atomic E-state index is 13.2. The van der Waals surface area contributed by atoms with Crippen LogP contribution in [-0.2, 0) is 57.0 Å². The third kappa shape index (κ3) is 15.4. The molecule has 0 aromatic carbocycles. The number of carbonyl (C=O) groups excluding carboxylic acids is 2. The summed E-state index contributed by atoms with van der Waals surface area (Å²) in [4.78, 5) is 26.1. The van der Waals surface area contributed by atoms with Gasteiger partial charge in [-0.1, -0.05) is 12.2 Å². The van der Waals surface area contributed by atoms with Crippen molar-refractivity contribution >= 4 is 11.9 Å². The van der Waals surface area contributed by atoms with Crippen LogP contribution in [0.2, 0.25) is 0 Å². The van der Waals surface area contributed by atoms with E-state index < -0.39 is 209 Å². The maximum Gasteiger partial charge on any atom is 0.330 e. The molecule has 4 aliphatic heterocycles. The number of hydrogen-bond donors (Lipinski definition) is 15. The quantitative estimate of drug-likeness (QED) is 0.0345. The van der Waals surface area contributed by atoms with Crippen LogP contribution in [0.3, 0.4) is 0 Å². The monoisotopic (exact) mass is 1170 g/mol. The molecule has 8 rings (SSSR count). The Bertz CT molecular complexity index is 2040. The van der Waals surface area contributed by atoms with Crippen LogP contribution in [0.15, 0.2) is 24.3 Å². The molecule has 28 heteroatoms. The Balaban J connectivity index is 1.05. The molecule has 16 N–H and O–H groups in total. The molecule has 14 unspecified atom stereocenters. The Morgan fingerprint density at radius 3 is 1.49 bits per heavy atom. The summed E-state index contributed by atoms with van der Waals surface area (Å²) in [7, 11) is 2.95. The number of methoxy groups -OCH3 is 2. The minimum Gasteiger partial charge on any atom is -0.460 e. The summed E-state index contributed by atoms with van der Waals surface area (Å²) in [6.07, 6.45) is -30.8. The van der Waals surface area contributed by atoms with Crippen molar-refractivity contribution in [2.24, 2.45) is 23.7 Å². The summed E-state index contributed by atoms with van der Waals surface area (Å²) in [5.41, 5.74) is 0. The van der Waals surface area contributed by atoms with Crippen molar-refractivity contribution in [1.82, 2.24) is 0 Å². The molecule has 0 radical (unpaired) electrons.